The molecule has 1 unspecified atom stereocenters. The van der Waals surface area contributed by atoms with E-state index in [9.17, 15) is 4.79 Å². The van der Waals surface area contributed by atoms with E-state index < -0.39 is 0 Å². The van der Waals surface area contributed by atoms with Crippen molar-refractivity contribution in [1.82, 2.24) is 10.5 Å². The molecule has 0 aliphatic rings. The minimum absolute atomic E-state index is 0.0234. The molecule has 5 heteroatoms. The Kier molecular flexibility index (Phi) is 6.05. The lowest BCUT2D eigenvalue weighted by molar-refractivity contribution is -0.120. The second-order valence-corrected chi connectivity index (χ2v) is 5.62. The van der Waals surface area contributed by atoms with E-state index in [1.807, 2.05) is 24.3 Å². The number of hydrogen-bond donors (Lipinski definition) is 1. The molecule has 4 nitrogen and oxygen atoms in total. The lowest BCUT2D eigenvalue weighted by atomic mass is 10.0. The highest BCUT2D eigenvalue weighted by Crippen LogP contribution is 2.18. The molecule has 0 radical (unpaired) electrons. The van der Waals surface area contributed by atoms with Crippen LogP contribution in [-0.2, 0) is 11.2 Å². The highest BCUT2D eigenvalue weighted by Gasteiger charge is 2.13. The van der Waals surface area contributed by atoms with Crippen LogP contribution in [0.2, 0.25) is 0 Å². The van der Waals surface area contributed by atoms with Crippen LogP contribution in [0.4, 0.5) is 0 Å². The summed E-state index contributed by atoms with van der Waals surface area (Å²) in [5.41, 5.74) is 1.40. The topological polar surface area (TPSA) is 55.1 Å². The van der Waals surface area contributed by atoms with Crippen molar-refractivity contribution in [3.63, 3.8) is 0 Å². The molecule has 1 amide bonds. The highest BCUT2D eigenvalue weighted by atomic mass is 35.5. The zero-order valence-electron chi connectivity index (χ0n) is 12.3. The lowest BCUT2D eigenvalue weighted by Crippen LogP contribution is -2.30. The molecule has 1 atom stereocenters. The van der Waals surface area contributed by atoms with Crippen LogP contribution in [0.1, 0.15) is 31.9 Å². The molecule has 0 saturated heterocycles. The van der Waals surface area contributed by atoms with Gasteiger partial charge in [0, 0.05) is 17.8 Å². The summed E-state index contributed by atoms with van der Waals surface area (Å²) >= 11 is 5.79. The summed E-state index contributed by atoms with van der Waals surface area (Å²) in [6.07, 6.45) is 3.37. The van der Waals surface area contributed by atoms with Crippen molar-refractivity contribution >= 4 is 28.5 Å². The van der Waals surface area contributed by atoms with Crippen molar-refractivity contribution < 1.29 is 9.32 Å². The zero-order valence-corrected chi connectivity index (χ0v) is 13.0. The number of nitrogens with zero attached hydrogens (tertiary/aromatic N) is 1. The molecule has 0 aliphatic carbocycles. The van der Waals surface area contributed by atoms with Gasteiger partial charge in [-0.1, -0.05) is 30.6 Å². The minimum atomic E-state index is -0.0234. The predicted molar refractivity (Wildman–Crippen MR) is 84.5 cm³/mol. The number of para-hydroxylation sites is 1. The SMILES string of the molecule is CCCC(CCCl)CNC(=O)Cc1noc2ccccc12. The quantitative estimate of drug-likeness (QED) is 0.759. The maximum Gasteiger partial charge on any atom is 0.226 e. The summed E-state index contributed by atoms with van der Waals surface area (Å²) in [6, 6.07) is 7.57. The Balaban J connectivity index is 1.89. The van der Waals surface area contributed by atoms with E-state index in [-0.39, 0.29) is 12.3 Å². The molecule has 1 N–H and O–H groups in total. The van der Waals surface area contributed by atoms with E-state index in [4.69, 9.17) is 16.1 Å². The molecular formula is C16H21ClN2O2. The van der Waals surface area contributed by atoms with Crippen molar-refractivity contribution in [2.24, 2.45) is 5.92 Å². The molecule has 2 rings (SSSR count). The Labute approximate surface area is 129 Å². The van der Waals surface area contributed by atoms with Crippen LogP contribution in [0.25, 0.3) is 11.0 Å². The molecule has 1 aromatic carbocycles. The summed E-state index contributed by atoms with van der Waals surface area (Å²) in [6.45, 7) is 2.82. The molecule has 21 heavy (non-hydrogen) atoms. The number of hydrogen-bond acceptors (Lipinski definition) is 3. The van der Waals surface area contributed by atoms with Crippen LogP contribution in [-0.4, -0.2) is 23.5 Å². The van der Waals surface area contributed by atoms with E-state index in [0.29, 0.717) is 29.6 Å². The third-order valence-corrected chi connectivity index (χ3v) is 3.80. The van der Waals surface area contributed by atoms with Gasteiger partial charge in [-0.3, -0.25) is 4.79 Å². The van der Waals surface area contributed by atoms with E-state index >= 15 is 0 Å². The fraction of sp³-hybridized carbons (Fsp3) is 0.500. The fourth-order valence-electron chi connectivity index (χ4n) is 2.45. The Bertz CT molecular complexity index is 576. The molecule has 0 saturated carbocycles. The first kappa shape index (κ1) is 15.8. The van der Waals surface area contributed by atoms with Gasteiger partial charge in [-0.25, -0.2) is 0 Å². The van der Waals surface area contributed by atoms with Gasteiger partial charge in [-0.15, -0.1) is 11.6 Å². The number of nitrogens with one attached hydrogen (secondary N) is 1. The molecule has 0 bridgehead atoms. The van der Waals surface area contributed by atoms with Crippen LogP contribution < -0.4 is 5.32 Å². The van der Waals surface area contributed by atoms with Gasteiger partial charge in [-0.05, 0) is 30.9 Å². The molecule has 1 heterocycles. The van der Waals surface area contributed by atoms with Crippen molar-refractivity contribution in [2.45, 2.75) is 32.6 Å². The van der Waals surface area contributed by atoms with Gasteiger partial charge in [0.05, 0.1) is 6.42 Å². The summed E-state index contributed by atoms with van der Waals surface area (Å²) in [7, 11) is 0. The Morgan fingerprint density at radius 3 is 2.95 bits per heavy atom. The number of carbonyl (C=O) groups excluding carboxylic acids is 1. The first-order valence-electron chi connectivity index (χ1n) is 7.40. The highest BCUT2D eigenvalue weighted by molar-refractivity contribution is 6.17. The Morgan fingerprint density at radius 2 is 2.19 bits per heavy atom. The summed E-state index contributed by atoms with van der Waals surface area (Å²) in [5.74, 6) is 1.06. The van der Waals surface area contributed by atoms with Gasteiger partial charge in [-0.2, -0.15) is 0 Å². The minimum Gasteiger partial charge on any atom is -0.356 e. The van der Waals surface area contributed by atoms with Gasteiger partial charge in [0.25, 0.3) is 0 Å². The fourth-order valence-corrected chi connectivity index (χ4v) is 2.76. The third-order valence-electron chi connectivity index (χ3n) is 3.58. The first-order chi connectivity index (χ1) is 10.2. The average Bonchev–Trinajstić information content (AvgIpc) is 2.89. The van der Waals surface area contributed by atoms with Crippen molar-refractivity contribution in [1.29, 1.82) is 0 Å². The number of amides is 1. The largest absolute Gasteiger partial charge is 0.356 e. The molecule has 114 valence electrons. The molecule has 0 spiro atoms. The summed E-state index contributed by atoms with van der Waals surface area (Å²) < 4.78 is 5.21. The maximum atomic E-state index is 12.0. The smallest absolute Gasteiger partial charge is 0.226 e. The van der Waals surface area contributed by atoms with Crippen LogP contribution in [0.5, 0.6) is 0 Å². The van der Waals surface area contributed by atoms with Gasteiger partial charge >= 0.3 is 0 Å². The maximum absolute atomic E-state index is 12.0. The normalized spacial score (nSPS) is 12.5. The van der Waals surface area contributed by atoms with E-state index in [0.717, 1.165) is 24.6 Å². The average molecular weight is 309 g/mol. The predicted octanol–water partition coefficient (Wildman–Crippen LogP) is 3.53. The molecule has 2 aromatic rings. The molecule has 1 aromatic heterocycles. The van der Waals surface area contributed by atoms with Crippen molar-refractivity contribution in [2.75, 3.05) is 12.4 Å². The zero-order chi connectivity index (χ0) is 15.1. The van der Waals surface area contributed by atoms with E-state index in [2.05, 4.69) is 17.4 Å². The number of fused-ring (bicyclic) bond motifs is 1. The standard InChI is InChI=1S/C16H21ClN2O2/c1-2-5-12(8-9-17)11-18-16(20)10-14-13-6-3-4-7-15(13)21-19-14/h3-4,6-7,12H,2,5,8-11H2,1H3,(H,18,20). The number of halogens is 1. The molecule has 0 aliphatic heterocycles. The van der Waals surface area contributed by atoms with E-state index in [1.165, 1.54) is 0 Å². The Morgan fingerprint density at radius 1 is 1.38 bits per heavy atom. The molecule has 0 fully saturated rings. The van der Waals surface area contributed by atoms with E-state index in [1.54, 1.807) is 0 Å². The van der Waals surface area contributed by atoms with Crippen LogP contribution in [0.15, 0.2) is 28.8 Å². The van der Waals surface area contributed by atoms with Gasteiger partial charge in [0.2, 0.25) is 5.91 Å². The van der Waals surface area contributed by atoms with Gasteiger partial charge in [0.15, 0.2) is 5.58 Å². The number of aromatic nitrogens is 1. The second-order valence-electron chi connectivity index (χ2n) is 5.24. The number of carbonyl (C=O) groups is 1. The van der Waals surface area contributed by atoms with Crippen molar-refractivity contribution in [3.05, 3.63) is 30.0 Å². The molecular weight excluding hydrogens is 288 g/mol. The monoisotopic (exact) mass is 308 g/mol. The van der Waals surface area contributed by atoms with Crippen molar-refractivity contribution in [3.8, 4) is 0 Å². The van der Waals surface area contributed by atoms with Crippen LogP contribution in [0.3, 0.4) is 0 Å². The number of rotatable bonds is 8. The van der Waals surface area contributed by atoms with Gasteiger partial charge < -0.3 is 9.84 Å². The third kappa shape index (κ3) is 4.46. The summed E-state index contributed by atoms with van der Waals surface area (Å²) in [4.78, 5) is 12.0. The second kappa shape index (κ2) is 8.03. The summed E-state index contributed by atoms with van der Waals surface area (Å²) in [5, 5.41) is 7.86. The van der Waals surface area contributed by atoms with Crippen LogP contribution in [0, 0.1) is 5.92 Å². The lowest BCUT2D eigenvalue weighted by Gasteiger charge is -2.15. The van der Waals surface area contributed by atoms with Gasteiger partial charge in [0.1, 0.15) is 5.69 Å². The first-order valence-corrected chi connectivity index (χ1v) is 7.94. The Hall–Kier alpha value is -1.55. The number of benzene rings is 1. The van der Waals surface area contributed by atoms with Crippen LogP contribution >= 0.6 is 11.6 Å². The number of alkyl halides is 1.